The molecule has 1 atom stereocenters. The van der Waals surface area contributed by atoms with Gasteiger partial charge in [0.15, 0.2) is 5.82 Å². The van der Waals surface area contributed by atoms with Crippen molar-refractivity contribution in [2.24, 2.45) is 0 Å². The van der Waals surface area contributed by atoms with Crippen molar-refractivity contribution in [3.8, 4) is 0 Å². The van der Waals surface area contributed by atoms with Gasteiger partial charge in [0.25, 0.3) is 5.69 Å². The Hall–Kier alpha value is -2.47. The number of aliphatic hydroxyl groups excluding tert-OH is 1. The summed E-state index contributed by atoms with van der Waals surface area (Å²) in [4.78, 5) is 11.9. The first-order valence-electron chi connectivity index (χ1n) is 7.01. The van der Waals surface area contributed by atoms with Crippen LogP contribution in [0, 0.1) is 15.9 Å². The van der Waals surface area contributed by atoms with Gasteiger partial charge in [-0.25, -0.2) is 4.39 Å². The molecule has 1 heterocycles. The minimum absolute atomic E-state index is 0.267. The second kappa shape index (κ2) is 5.73. The molecule has 0 amide bonds. The molecule has 3 rings (SSSR count). The van der Waals surface area contributed by atoms with E-state index < -0.39 is 16.8 Å². The van der Waals surface area contributed by atoms with Gasteiger partial charge in [0.1, 0.15) is 0 Å². The molecule has 6 heteroatoms. The molecule has 1 unspecified atom stereocenters. The lowest BCUT2D eigenvalue weighted by Gasteiger charge is -2.23. The Labute approximate surface area is 126 Å². The fraction of sp³-hybridized carbons (Fsp3) is 0.250. The zero-order valence-electron chi connectivity index (χ0n) is 11.8. The van der Waals surface area contributed by atoms with Crippen LogP contribution in [0.4, 0.5) is 15.8 Å². The number of fused-ring (bicyclic) bond motifs is 1. The van der Waals surface area contributed by atoms with Crippen LogP contribution >= 0.6 is 0 Å². The van der Waals surface area contributed by atoms with Crippen LogP contribution in [0.5, 0.6) is 0 Å². The minimum Gasteiger partial charge on any atom is -0.388 e. The van der Waals surface area contributed by atoms with Gasteiger partial charge in [0.05, 0.1) is 22.8 Å². The highest BCUT2D eigenvalue weighted by Gasteiger charge is 2.23. The quantitative estimate of drug-likeness (QED) is 0.683. The molecule has 0 fully saturated rings. The molecule has 0 bridgehead atoms. The number of benzene rings is 2. The summed E-state index contributed by atoms with van der Waals surface area (Å²) in [7, 11) is 0. The Morgan fingerprint density at radius 3 is 2.77 bits per heavy atom. The molecule has 0 spiro atoms. The molecule has 1 N–H and O–H groups in total. The number of nitro groups is 1. The van der Waals surface area contributed by atoms with Gasteiger partial charge in [-0.1, -0.05) is 24.3 Å². The first-order valence-corrected chi connectivity index (χ1v) is 7.01. The number of nitro benzene ring substituents is 1. The number of anilines is 1. The molecule has 114 valence electrons. The highest BCUT2D eigenvalue weighted by molar-refractivity contribution is 5.53. The highest BCUT2D eigenvalue weighted by Crippen LogP contribution is 2.31. The van der Waals surface area contributed by atoms with Crippen LogP contribution in [0.3, 0.4) is 0 Å². The maximum Gasteiger partial charge on any atom is 0.272 e. The normalized spacial score (nSPS) is 17.7. The molecule has 0 aliphatic carbocycles. The topological polar surface area (TPSA) is 66.6 Å². The van der Waals surface area contributed by atoms with Gasteiger partial charge in [0, 0.05) is 19.2 Å². The molecule has 22 heavy (non-hydrogen) atoms. The average molecular weight is 302 g/mol. The van der Waals surface area contributed by atoms with Gasteiger partial charge in [0.2, 0.25) is 0 Å². The van der Waals surface area contributed by atoms with Gasteiger partial charge in [-0.3, -0.25) is 10.1 Å². The van der Waals surface area contributed by atoms with Gasteiger partial charge in [-0.15, -0.1) is 0 Å². The number of hydrogen-bond donors (Lipinski definition) is 1. The van der Waals surface area contributed by atoms with E-state index in [-0.39, 0.29) is 5.69 Å². The van der Waals surface area contributed by atoms with E-state index >= 15 is 0 Å². The van der Waals surface area contributed by atoms with Crippen molar-refractivity contribution in [3.63, 3.8) is 0 Å². The predicted octanol–water partition coefficient (Wildman–Crippen LogP) is 3.18. The number of aliphatic hydroxyl groups is 1. The third-order valence-electron chi connectivity index (χ3n) is 3.93. The molecule has 0 aromatic heterocycles. The van der Waals surface area contributed by atoms with Crippen molar-refractivity contribution >= 4 is 11.4 Å². The first kappa shape index (κ1) is 14.5. The fourth-order valence-corrected chi connectivity index (χ4v) is 2.79. The summed E-state index contributed by atoms with van der Waals surface area (Å²) in [5, 5.41) is 20.9. The van der Waals surface area contributed by atoms with Crippen molar-refractivity contribution in [1.82, 2.24) is 0 Å². The smallest absolute Gasteiger partial charge is 0.272 e. The first-order chi connectivity index (χ1) is 10.6. The van der Waals surface area contributed by atoms with Crippen molar-refractivity contribution in [1.29, 1.82) is 0 Å². The van der Waals surface area contributed by atoms with E-state index in [2.05, 4.69) is 0 Å². The second-order valence-corrected chi connectivity index (χ2v) is 5.32. The molecule has 0 radical (unpaired) electrons. The number of hydrogen-bond acceptors (Lipinski definition) is 4. The Morgan fingerprint density at radius 2 is 2.05 bits per heavy atom. The Balaban J connectivity index is 1.95. The lowest BCUT2D eigenvalue weighted by atomic mass is 10.0. The highest BCUT2D eigenvalue weighted by atomic mass is 19.1. The van der Waals surface area contributed by atoms with Crippen molar-refractivity contribution < 1.29 is 14.4 Å². The van der Waals surface area contributed by atoms with Crippen LogP contribution in [0.25, 0.3) is 0 Å². The summed E-state index contributed by atoms with van der Waals surface area (Å²) in [6, 6.07) is 11.2. The van der Waals surface area contributed by atoms with Crippen LogP contribution < -0.4 is 4.90 Å². The largest absolute Gasteiger partial charge is 0.388 e. The molecule has 0 saturated heterocycles. The van der Waals surface area contributed by atoms with Crippen LogP contribution in [0.1, 0.15) is 23.7 Å². The summed E-state index contributed by atoms with van der Waals surface area (Å²) < 4.78 is 14.2. The molecular formula is C16H15FN2O3. The van der Waals surface area contributed by atoms with E-state index in [0.29, 0.717) is 25.2 Å². The zero-order valence-corrected chi connectivity index (χ0v) is 11.8. The van der Waals surface area contributed by atoms with Crippen LogP contribution in [0.15, 0.2) is 42.5 Å². The minimum atomic E-state index is -0.622. The number of rotatable bonds is 2. The van der Waals surface area contributed by atoms with Crippen LogP contribution in [-0.4, -0.2) is 16.6 Å². The number of non-ortho nitro benzene ring substituents is 1. The maximum atomic E-state index is 14.2. The van der Waals surface area contributed by atoms with Gasteiger partial charge in [-0.2, -0.15) is 0 Å². The SMILES string of the molecule is O=[N+]([O-])c1ccc(N2CCC(O)c3ccccc3C2)c(F)c1. The van der Waals surface area contributed by atoms with E-state index in [4.69, 9.17) is 0 Å². The molecular weight excluding hydrogens is 287 g/mol. The lowest BCUT2D eigenvalue weighted by molar-refractivity contribution is -0.385. The average Bonchev–Trinajstić information content (AvgIpc) is 2.67. The summed E-state index contributed by atoms with van der Waals surface area (Å²) in [6.07, 6.45) is -0.102. The van der Waals surface area contributed by atoms with E-state index in [1.807, 2.05) is 24.3 Å². The van der Waals surface area contributed by atoms with Gasteiger partial charge >= 0.3 is 0 Å². The Bertz CT molecular complexity index is 720. The molecule has 0 saturated carbocycles. The van der Waals surface area contributed by atoms with Gasteiger partial charge < -0.3 is 10.0 Å². The third kappa shape index (κ3) is 2.65. The molecule has 2 aromatic carbocycles. The van der Waals surface area contributed by atoms with E-state index in [9.17, 15) is 19.6 Å². The van der Waals surface area contributed by atoms with Crippen molar-refractivity contribution in [2.45, 2.75) is 19.1 Å². The van der Waals surface area contributed by atoms with E-state index in [1.165, 1.54) is 12.1 Å². The molecule has 5 nitrogen and oxygen atoms in total. The fourth-order valence-electron chi connectivity index (χ4n) is 2.79. The summed E-state index contributed by atoms with van der Waals surface area (Å²) >= 11 is 0. The van der Waals surface area contributed by atoms with Gasteiger partial charge in [-0.05, 0) is 23.6 Å². The second-order valence-electron chi connectivity index (χ2n) is 5.32. The molecule has 1 aliphatic heterocycles. The van der Waals surface area contributed by atoms with Crippen molar-refractivity contribution in [3.05, 3.63) is 69.5 Å². The Morgan fingerprint density at radius 1 is 1.27 bits per heavy atom. The monoisotopic (exact) mass is 302 g/mol. The third-order valence-corrected chi connectivity index (χ3v) is 3.93. The number of halogens is 1. The van der Waals surface area contributed by atoms with E-state index in [0.717, 1.165) is 17.2 Å². The number of nitrogens with zero attached hydrogens (tertiary/aromatic N) is 2. The predicted molar refractivity (Wildman–Crippen MR) is 80.1 cm³/mol. The Kier molecular flexibility index (Phi) is 3.77. The summed E-state index contributed by atoms with van der Waals surface area (Å²) in [5.74, 6) is -0.622. The van der Waals surface area contributed by atoms with Crippen LogP contribution in [0.2, 0.25) is 0 Å². The molecule has 1 aliphatic rings. The maximum absolute atomic E-state index is 14.2. The van der Waals surface area contributed by atoms with Crippen LogP contribution in [-0.2, 0) is 6.54 Å². The summed E-state index contributed by atoms with van der Waals surface area (Å²) in [5.41, 5.74) is 1.84. The van der Waals surface area contributed by atoms with E-state index in [1.54, 1.807) is 4.90 Å². The lowest BCUT2D eigenvalue weighted by Crippen LogP contribution is -2.23. The van der Waals surface area contributed by atoms with Crippen molar-refractivity contribution in [2.75, 3.05) is 11.4 Å². The summed E-state index contributed by atoms with van der Waals surface area (Å²) in [6.45, 7) is 0.937. The standard InChI is InChI=1S/C16H15FN2O3/c17-14-9-12(19(21)22)5-6-15(14)18-8-7-16(20)13-4-2-1-3-11(13)10-18/h1-6,9,16,20H,7-8,10H2. The zero-order chi connectivity index (χ0) is 15.7. The molecule has 2 aromatic rings.